The summed E-state index contributed by atoms with van der Waals surface area (Å²) in [5, 5.41) is 15.6. The third kappa shape index (κ3) is 2.85. The van der Waals surface area contributed by atoms with E-state index in [9.17, 15) is 9.90 Å². The van der Waals surface area contributed by atoms with Gasteiger partial charge in [0.1, 0.15) is 5.75 Å². The number of aryl methyl sites for hydroxylation is 1. The average Bonchev–Trinajstić information content (AvgIpc) is 2.99. The largest absolute Gasteiger partial charge is 0.507 e. The monoisotopic (exact) mass is 351 g/mol. The van der Waals surface area contributed by atoms with Gasteiger partial charge in [-0.05, 0) is 36.8 Å². The summed E-state index contributed by atoms with van der Waals surface area (Å²) >= 11 is 1.47. The molecule has 7 heteroatoms. The van der Waals surface area contributed by atoms with E-state index in [1.165, 1.54) is 23.6 Å². The molecule has 2 heterocycles. The van der Waals surface area contributed by atoms with Crippen molar-refractivity contribution < 1.29 is 9.52 Å². The van der Waals surface area contributed by atoms with Gasteiger partial charge in [0.15, 0.2) is 5.58 Å². The van der Waals surface area contributed by atoms with Gasteiger partial charge < -0.3 is 9.52 Å². The molecule has 0 radical (unpaired) electrons. The highest BCUT2D eigenvalue weighted by Gasteiger charge is 2.10. The van der Waals surface area contributed by atoms with Crippen LogP contribution in [-0.4, -0.2) is 16.3 Å². The number of thiazole rings is 1. The summed E-state index contributed by atoms with van der Waals surface area (Å²) in [6.45, 7) is 1.82. The first-order chi connectivity index (χ1) is 12.1. The molecule has 2 N–H and O–H groups in total. The summed E-state index contributed by atoms with van der Waals surface area (Å²) < 4.78 is 6.31. The van der Waals surface area contributed by atoms with Crippen LogP contribution in [0.5, 0.6) is 5.75 Å². The van der Waals surface area contributed by atoms with E-state index in [4.69, 9.17) is 4.42 Å². The second-order valence-corrected chi connectivity index (χ2v) is 6.51. The quantitative estimate of drug-likeness (QED) is 0.332. The third-order valence-corrected chi connectivity index (χ3v) is 4.72. The zero-order chi connectivity index (χ0) is 17.4. The summed E-state index contributed by atoms with van der Waals surface area (Å²) in [7, 11) is 0. The fraction of sp³-hybridized carbons (Fsp3) is 0.0556. The van der Waals surface area contributed by atoms with Gasteiger partial charge in [0.25, 0.3) is 0 Å². The van der Waals surface area contributed by atoms with Crippen LogP contribution in [0.4, 0.5) is 5.13 Å². The van der Waals surface area contributed by atoms with Crippen LogP contribution in [0, 0.1) is 6.92 Å². The third-order valence-electron chi connectivity index (χ3n) is 3.78. The lowest BCUT2D eigenvalue weighted by Crippen LogP contribution is -2.00. The van der Waals surface area contributed by atoms with E-state index in [-0.39, 0.29) is 5.75 Å². The molecular formula is C18H13N3O3S. The number of para-hydroxylation sites is 1. The highest BCUT2D eigenvalue weighted by Crippen LogP contribution is 2.27. The predicted octanol–water partition coefficient (Wildman–Crippen LogP) is 3.86. The Morgan fingerprint density at radius 1 is 1.28 bits per heavy atom. The van der Waals surface area contributed by atoms with Crippen molar-refractivity contribution in [2.75, 3.05) is 5.43 Å². The molecule has 6 nitrogen and oxygen atoms in total. The Kier molecular flexibility index (Phi) is 3.70. The first kappa shape index (κ1) is 15.3. The van der Waals surface area contributed by atoms with Gasteiger partial charge in [0.05, 0.1) is 22.0 Å². The molecule has 4 rings (SSSR count). The molecule has 0 fully saturated rings. The molecule has 2 aromatic heterocycles. The number of benzene rings is 2. The zero-order valence-electron chi connectivity index (χ0n) is 13.2. The molecule has 2 aromatic carbocycles. The summed E-state index contributed by atoms with van der Waals surface area (Å²) in [5.74, 6) is -0.0175. The lowest BCUT2D eigenvalue weighted by atomic mass is 10.1. The number of nitrogens with one attached hydrogen (secondary N) is 1. The zero-order valence-corrected chi connectivity index (χ0v) is 14.0. The van der Waals surface area contributed by atoms with Crippen molar-refractivity contribution in [2.45, 2.75) is 6.92 Å². The number of aromatic hydroxyl groups is 1. The maximum atomic E-state index is 11.6. The number of fused-ring (bicyclic) bond motifs is 2. The summed E-state index contributed by atoms with van der Waals surface area (Å²) in [5.41, 5.74) is 4.69. The highest BCUT2D eigenvalue weighted by atomic mass is 32.1. The minimum Gasteiger partial charge on any atom is -0.507 e. The number of aromatic nitrogens is 1. The smallest absolute Gasteiger partial charge is 0.336 e. The average molecular weight is 351 g/mol. The molecule has 4 aromatic rings. The molecule has 0 unspecified atom stereocenters. The highest BCUT2D eigenvalue weighted by molar-refractivity contribution is 7.22. The number of hydrazone groups is 1. The van der Waals surface area contributed by atoms with E-state index in [0.717, 1.165) is 21.2 Å². The van der Waals surface area contributed by atoms with Crippen LogP contribution in [0.25, 0.3) is 21.2 Å². The van der Waals surface area contributed by atoms with Gasteiger partial charge in [-0.3, -0.25) is 5.43 Å². The first-order valence-corrected chi connectivity index (χ1v) is 8.34. The Bertz CT molecular complexity index is 1140. The van der Waals surface area contributed by atoms with Crippen molar-refractivity contribution in [1.29, 1.82) is 0 Å². The second-order valence-electron chi connectivity index (χ2n) is 5.48. The summed E-state index contributed by atoms with van der Waals surface area (Å²) in [4.78, 5) is 16.1. The van der Waals surface area contributed by atoms with Gasteiger partial charge in [-0.25, -0.2) is 9.78 Å². The Morgan fingerprint density at radius 2 is 2.12 bits per heavy atom. The van der Waals surface area contributed by atoms with E-state index in [1.54, 1.807) is 12.1 Å². The van der Waals surface area contributed by atoms with Crippen LogP contribution in [-0.2, 0) is 0 Å². The Hall–Kier alpha value is -3.19. The van der Waals surface area contributed by atoms with Crippen LogP contribution < -0.4 is 11.1 Å². The van der Waals surface area contributed by atoms with Crippen molar-refractivity contribution in [3.8, 4) is 5.75 Å². The number of anilines is 1. The minimum absolute atomic E-state index is 0.0175. The topological polar surface area (TPSA) is 87.7 Å². The molecule has 0 saturated heterocycles. The molecule has 124 valence electrons. The number of phenols is 1. The van der Waals surface area contributed by atoms with E-state index >= 15 is 0 Å². The van der Waals surface area contributed by atoms with Crippen molar-refractivity contribution in [2.24, 2.45) is 5.10 Å². The molecule has 0 saturated carbocycles. The second kappa shape index (κ2) is 6.03. The van der Waals surface area contributed by atoms with Gasteiger partial charge >= 0.3 is 5.63 Å². The fourth-order valence-electron chi connectivity index (χ4n) is 2.59. The Morgan fingerprint density at radius 3 is 2.96 bits per heavy atom. The SMILES string of the molecule is Cc1cc(=O)oc2c(C=NNc3nc4ccccc4s3)c(O)ccc12. The van der Waals surface area contributed by atoms with Crippen LogP contribution >= 0.6 is 11.3 Å². The van der Waals surface area contributed by atoms with Crippen LogP contribution in [0.1, 0.15) is 11.1 Å². The van der Waals surface area contributed by atoms with E-state index in [2.05, 4.69) is 15.5 Å². The van der Waals surface area contributed by atoms with E-state index in [0.29, 0.717) is 16.3 Å². The van der Waals surface area contributed by atoms with Crippen LogP contribution in [0.2, 0.25) is 0 Å². The van der Waals surface area contributed by atoms with Gasteiger partial charge in [-0.15, -0.1) is 0 Å². The number of rotatable bonds is 3. The molecule has 0 atom stereocenters. The van der Waals surface area contributed by atoms with Crippen LogP contribution in [0.15, 0.2) is 56.8 Å². The normalized spacial score (nSPS) is 11.6. The number of nitrogens with zero attached hydrogens (tertiary/aromatic N) is 2. The lowest BCUT2D eigenvalue weighted by Gasteiger charge is -2.05. The van der Waals surface area contributed by atoms with E-state index in [1.807, 2.05) is 31.2 Å². The Labute approximate surface area is 146 Å². The number of hydrogen-bond acceptors (Lipinski definition) is 7. The molecule has 0 spiro atoms. The molecule has 0 bridgehead atoms. The molecule has 25 heavy (non-hydrogen) atoms. The van der Waals surface area contributed by atoms with Crippen molar-refractivity contribution >= 4 is 43.9 Å². The van der Waals surface area contributed by atoms with Crippen LogP contribution in [0.3, 0.4) is 0 Å². The summed E-state index contributed by atoms with van der Waals surface area (Å²) in [6.07, 6.45) is 1.42. The fourth-order valence-corrected chi connectivity index (χ4v) is 3.41. The number of hydrogen-bond donors (Lipinski definition) is 2. The molecule has 0 aliphatic carbocycles. The molecule has 0 aliphatic rings. The maximum Gasteiger partial charge on any atom is 0.336 e. The van der Waals surface area contributed by atoms with Crippen molar-refractivity contribution in [3.05, 3.63) is 64.0 Å². The van der Waals surface area contributed by atoms with Gasteiger partial charge in [0.2, 0.25) is 5.13 Å². The maximum absolute atomic E-state index is 11.6. The first-order valence-electron chi connectivity index (χ1n) is 7.53. The minimum atomic E-state index is -0.468. The van der Waals surface area contributed by atoms with Crippen molar-refractivity contribution in [3.63, 3.8) is 0 Å². The standard InChI is InChI=1S/C18H13N3O3S/c1-10-8-16(23)24-17-11(10)6-7-14(22)12(17)9-19-21-18-20-13-4-2-3-5-15(13)25-18/h2-9,22H,1H3,(H,20,21). The molecular weight excluding hydrogens is 338 g/mol. The van der Waals surface area contributed by atoms with Crippen molar-refractivity contribution in [1.82, 2.24) is 4.98 Å². The summed E-state index contributed by atoms with van der Waals surface area (Å²) in [6, 6.07) is 12.5. The van der Waals surface area contributed by atoms with Gasteiger partial charge in [-0.2, -0.15) is 5.10 Å². The molecule has 0 amide bonds. The van der Waals surface area contributed by atoms with Gasteiger partial charge in [0, 0.05) is 11.5 Å². The van der Waals surface area contributed by atoms with Gasteiger partial charge in [-0.1, -0.05) is 23.5 Å². The Balaban J connectivity index is 1.71. The lowest BCUT2D eigenvalue weighted by molar-refractivity contribution is 0.472. The number of phenolic OH excluding ortho intramolecular Hbond substituents is 1. The molecule has 0 aliphatic heterocycles. The predicted molar refractivity (Wildman–Crippen MR) is 99.7 cm³/mol. The van der Waals surface area contributed by atoms with E-state index < -0.39 is 5.63 Å².